The molecule has 2 nitrogen and oxygen atoms in total. The van der Waals surface area contributed by atoms with Crippen LogP contribution in [-0.4, -0.2) is 12.1 Å². The first-order chi connectivity index (χ1) is 9.45. The molecule has 0 heterocycles. The summed E-state index contributed by atoms with van der Waals surface area (Å²) in [7, 11) is 0. The first-order valence-electron chi connectivity index (χ1n) is 6.81. The highest BCUT2D eigenvalue weighted by atomic mass is 19.4. The zero-order chi connectivity index (χ0) is 14.6. The summed E-state index contributed by atoms with van der Waals surface area (Å²) < 4.78 is 42.5. The molecular weight excluding hydrogens is 269 g/mol. The van der Waals surface area contributed by atoms with E-state index in [9.17, 15) is 18.0 Å². The van der Waals surface area contributed by atoms with Crippen LogP contribution in [0.4, 0.5) is 13.2 Å². The molecule has 110 valence electrons. The van der Waals surface area contributed by atoms with Crippen LogP contribution in [-0.2, 0) is 22.1 Å². The number of halogens is 3. The standard InChI is InChI=1S/C15H17F3O2/c16-15(17,18)12-8-6-11(7-9-12)10-14(19)20-13-4-2-1-3-5-13/h6-9,13H,1-5,10H2. The first-order valence-corrected chi connectivity index (χ1v) is 6.81. The van der Waals surface area contributed by atoms with E-state index in [1.807, 2.05) is 0 Å². The molecule has 0 spiro atoms. The van der Waals surface area contributed by atoms with Crippen molar-refractivity contribution in [3.63, 3.8) is 0 Å². The van der Waals surface area contributed by atoms with Crippen molar-refractivity contribution in [2.45, 2.75) is 50.8 Å². The molecule has 0 radical (unpaired) electrons. The van der Waals surface area contributed by atoms with Gasteiger partial charge in [-0.25, -0.2) is 0 Å². The molecule has 0 saturated heterocycles. The fraction of sp³-hybridized carbons (Fsp3) is 0.533. The van der Waals surface area contributed by atoms with Gasteiger partial charge in [0.05, 0.1) is 12.0 Å². The second-order valence-corrected chi connectivity index (χ2v) is 5.12. The van der Waals surface area contributed by atoms with Gasteiger partial charge in [0.25, 0.3) is 0 Å². The Balaban J connectivity index is 1.87. The van der Waals surface area contributed by atoms with Crippen molar-refractivity contribution in [1.82, 2.24) is 0 Å². The smallest absolute Gasteiger partial charge is 0.416 e. The summed E-state index contributed by atoms with van der Waals surface area (Å²) in [5, 5.41) is 0. The van der Waals surface area contributed by atoms with E-state index in [1.54, 1.807) is 0 Å². The molecular formula is C15H17F3O2. The number of carbonyl (C=O) groups is 1. The SMILES string of the molecule is O=C(Cc1ccc(C(F)(F)F)cc1)OC1CCCCC1. The molecule has 1 aliphatic carbocycles. The number of carbonyl (C=O) groups excluding carboxylic acids is 1. The number of hydrogen-bond acceptors (Lipinski definition) is 2. The summed E-state index contributed by atoms with van der Waals surface area (Å²) in [5.74, 6) is -0.364. The summed E-state index contributed by atoms with van der Waals surface area (Å²) in [4.78, 5) is 11.7. The molecule has 2 rings (SSSR count). The predicted molar refractivity (Wildman–Crippen MR) is 68.1 cm³/mol. The van der Waals surface area contributed by atoms with Crippen molar-refractivity contribution in [2.75, 3.05) is 0 Å². The molecule has 0 N–H and O–H groups in total. The van der Waals surface area contributed by atoms with Crippen LogP contribution in [0.3, 0.4) is 0 Å². The molecule has 0 atom stereocenters. The Morgan fingerprint density at radius 3 is 2.25 bits per heavy atom. The van der Waals surface area contributed by atoms with Crippen molar-refractivity contribution in [1.29, 1.82) is 0 Å². The molecule has 20 heavy (non-hydrogen) atoms. The average molecular weight is 286 g/mol. The van der Waals surface area contributed by atoms with Gasteiger partial charge in [0.15, 0.2) is 0 Å². The maximum absolute atomic E-state index is 12.4. The Hall–Kier alpha value is -1.52. The zero-order valence-electron chi connectivity index (χ0n) is 11.1. The third kappa shape index (κ3) is 4.25. The Kier molecular flexibility index (Phi) is 4.68. The molecule has 5 heteroatoms. The van der Waals surface area contributed by atoms with Gasteiger partial charge in [-0.15, -0.1) is 0 Å². The number of esters is 1. The summed E-state index contributed by atoms with van der Waals surface area (Å²) in [6.07, 6.45) is 0.738. The van der Waals surface area contributed by atoms with Gasteiger partial charge in [-0.05, 0) is 43.4 Å². The van der Waals surface area contributed by atoms with Gasteiger partial charge >= 0.3 is 12.1 Å². The predicted octanol–water partition coefficient (Wildman–Crippen LogP) is 4.12. The van der Waals surface area contributed by atoms with Gasteiger partial charge < -0.3 is 4.74 Å². The van der Waals surface area contributed by atoms with Crippen LogP contribution in [0.25, 0.3) is 0 Å². The van der Waals surface area contributed by atoms with Crippen LogP contribution < -0.4 is 0 Å². The largest absolute Gasteiger partial charge is 0.462 e. The lowest BCUT2D eigenvalue weighted by Gasteiger charge is -2.21. The molecule has 1 fully saturated rings. The maximum atomic E-state index is 12.4. The number of benzene rings is 1. The Morgan fingerprint density at radius 1 is 1.10 bits per heavy atom. The maximum Gasteiger partial charge on any atom is 0.416 e. The van der Waals surface area contributed by atoms with E-state index in [2.05, 4.69) is 0 Å². The van der Waals surface area contributed by atoms with Crippen molar-refractivity contribution >= 4 is 5.97 Å². The third-order valence-corrected chi connectivity index (χ3v) is 3.48. The van der Waals surface area contributed by atoms with E-state index in [1.165, 1.54) is 18.6 Å². The van der Waals surface area contributed by atoms with Gasteiger partial charge in [-0.3, -0.25) is 4.79 Å². The van der Waals surface area contributed by atoms with Crippen molar-refractivity contribution in [2.24, 2.45) is 0 Å². The summed E-state index contributed by atoms with van der Waals surface area (Å²) in [5.41, 5.74) is -0.166. The Labute approximate surface area is 115 Å². The first kappa shape index (κ1) is 14.9. The van der Waals surface area contributed by atoms with E-state index < -0.39 is 11.7 Å². The van der Waals surface area contributed by atoms with Crippen LogP contribution in [0.2, 0.25) is 0 Å². The molecule has 0 amide bonds. The molecule has 0 unspecified atom stereocenters. The minimum Gasteiger partial charge on any atom is -0.462 e. The van der Waals surface area contributed by atoms with E-state index >= 15 is 0 Å². The molecule has 1 saturated carbocycles. The fourth-order valence-corrected chi connectivity index (χ4v) is 2.39. The van der Waals surface area contributed by atoms with E-state index in [4.69, 9.17) is 4.74 Å². The molecule has 0 bridgehead atoms. The average Bonchev–Trinajstić information content (AvgIpc) is 2.39. The molecule has 0 aliphatic heterocycles. The second kappa shape index (κ2) is 6.29. The normalized spacial score (nSPS) is 16.9. The molecule has 1 aromatic rings. The minimum atomic E-state index is -4.35. The summed E-state index contributed by atoms with van der Waals surface area (Å²) in [6, 6.07) is 4.63. The Morgan fingerprint density at radius 2 is 1.70 bits per heavy atom. The highest BCUT2D eigenvalue weighted by molar-refractivity contribution is 5.72. The monoisotopic (exact) mass is 286 g/mol. The highest BCUT2D eigenvalue weighted by Gasteiger charge is 2.30. The molecule has 0 aromatic heterocycles. The van der Waals surface area contributed by atoms with E-state index in [0.717, 1.165) is 37.8 Å². The Bertz CT molecular complexity index is 445. The van der Waals surface area contributed by atoms with Gasteiger partial charge in [-0.2, -0.15) is 13.2 Å². The topological polar surface area (TPSA) is 26.3 Å². The fourth-order valence-electron chi connectivity index (χ4n) is 2.39. The zero-order valence-corrected chi connectivity index (χ0v) is 11.1. The van der Waals surface area contributed by atoms with Crippen molar-refractivity contribution in [3.05, 3.63) is 35.4 Å². The van der Waals surface area contributed by atoms with Crippen LogP contribution in [0.1, 0.15) is 43.2 Å². The lowest BCUT2D eigenvalue weighted by atomic mass is 9.98. The number of ether oxygens (including phenoxy) is 1. The van der Waals surface area contributed by atoms with Crippen LogP contribution >= 0.6 is 0 Å². The van der Waals surface area contributed by atoms with Crippen molar-refractivity contribution < 1.29 is 22.7 Å². The number of alkyl halides is 3. The minimum absolute atomic E-state index is 0.0225. The van der Waals surface area contributed by atoms with Crippen LogP contribution in [0.15, 0.2) is 24.3 Å². The van der Waals surface area contributed by atoms with E-state index in [-0.39, 0.29) is 18.5 Å². The number of rotatable bonds is 3. The molecule has 1 aliphatic rings. The summed E-state index contributed by atoms with van der Waals surface area (Å²) >= 11 is 0. The van der Waals surface area contributed by atoms with E-state index in [0.29, 0.717) is 5.56 Å². The highest BCUT2D eigenvalue weighted by Crippen LogP contribution is 2.29. The quantitative estimate of drug-likeness (QED) is 0.781. The second-order valence-electron chi connectivity index (χ2n) is 5.12. The van der Waals surface area contributed by atoms with Crippen molar-refractivity contribution in [3.8, 4) is 0 Å². The van der Waals surface area contributed by atoms with Gasteiger partial charge in [0, 0.05) is 0 Å². The van der Waals surface area contributed by atoms with Crippen LogP contribution in [0, 0.1) is 0 Å². The van der Waals surface area contributed by atoms with Gasteiger partial charge in [0.1, 0.15) is 6.10 Å². The molecule has 1 aromatic carbocycles. The van der Waals surface area contributed by atoms with Gasteiger partial charge in [0.2, 0.25) is 0 Å². The van der Waals surface area contributed by atoms with Crippen LogP contribution in [0.5, 0.6) is 0 Å². The van der Waals surface area contributed by atoms with Gasteiger partial charge in [-0.1, -0.05) is 18.6 Å². The lowest BCUT2D eigenvalue weighted by Crippen LogP contribution is -2.22. The number of hydrogen-bond donors (Lipinski definition) is 0. The summed E-state index contributed by atoms with van der Waals surface area (Å²) in [6.45, 7) is 0. The lowest BCUT2D eigenvalue weighted by molar-refractivity contribution is -0.149. The third-order valence-electron chi connectivity index (χ3n) is 3.48.